The summed E-state index contributed by atoms with van der Waals surface area (Å²) in [6.45, 7) is 1.44. The SMILES string of the molecule is CCC1CCCC1NC(C)c1ccccc1OC(F)F. The molecule has 112 valence electrons. The van der Waals surface area contributed by atoms with E-state index in [1.807, 2.05) is 19.1 Å². The maximum absolute atomic E-state index is 12.4. The first-order valence-electron chi connectivity index (χ1n) is 7.41. The summed E-state index contributed by atoms with van der Waals surface area (Å²) >= 11 is 0. The Balaban J connectivity index is 2.06. The van der Waals surface area contributed by atoms with Crippen LogP contribution in [0.15, 0.2) is 24.3 Å². The van der Waals surface area contributed by atoms with Crippen LogP contribution in [0, 0.1) is 5.92 Å². The van der Waals surface area contributed by atoms with Gasteiger partial charge in [-0.15, -0.1) is 0 Å². The zero-order valence-electron chi connectivity index (χ0n) is 12.1. The molecule has 1 fully saturated rings. The zero-order chi connectivity index (χ0) is 14.5. The van der Waals surface area contributed by atoms with Crippen molar-refractivity contribution in [2.75, 3.05) is 0 Å². The number of nitrogens with one attached hydrogen (secondary N) is 1. The summed E-state index contributed by atoms with van der Waals surface area (Å²) in [5.74, 6) is 0.967. The van der Waals surface area contributed by atoms with Crippen LogP contribution in [-0.2, 0) is 0 Å². The Labute approximate surface area is 119 Å². The Hall–Kier alpha value is -1.16. The first kappa shape index (κ1) is 15.2. The fourth-order valence-electron chi connectivity index (χ4n) is 3.20. The minimum atomic E-state index is -2.78. The van der Waals surface area contributed by atoms with Crippen LogP contribution in [0.25, 0.3) is 0 Å². The van der Waals surface area contributed by atoms with Crippen molar-refractivity contribution >= 4 is 0 Å². The summed E-state index contributed by atoms with van der Waals surface area (Å²) in [6.07, 6.45) is 4.84. The van der Waals surface area contributed by atoms with Gasteiger partial charge in [-0.3, -0.25) is 0 Å². The summed E-state index contributed by atoms with van der Waals surface area (Å²) in [4.78, 5) is 0. The van der Waals surface area contributed by atoms with E-state index in [1.54, 1.807) is 12.1 Å². The van der Waals surface area contributed by atoms with Crippen molar-refractivity contribution in [1.82, 2.24) is 5.32 Å². The van der Waals surface area contributed by atoms with Gasteiger partial charge in [0.05, 0.1) is 0 Å². The molecule has 1 aliphatic carbocycles. The largest absolute Gasteiger partial charge is 0.434 e. The van der Waals surface area contributed by atoms with E-state index >= 15 is 0 Å². The molecule has 20 heavy (non-hydrogen) atoms. The van der Waals surface area contributed by atoms with Crippen LogP contribution in [0.3, 0.4) is 0 Å². The summed E-state index contributed by atoms with van der Waals surface area (Å²) in [5, 5.41) is 3.58. The molecular weight excluding hydrogens is 260 g/mol. The Morgan fingerprint density at radius 1 is 1.30 bits per heavy atom. The fraction of sp³-hybridized carbons (Fsp3) is 0.625. The Kier molecular flexibility index (Phi) is 5.35. The summed E-state index contributed by atoms with van der Waals surface area (Å²) < 4.78 is 29.5. The first-order valence-corrected chi connectivity index (χ1v) is 7.41. The van der Waals surface area contributed by atoms with Gasteiger partial charge in [-0.1, -0.05) is 38.0 Å². The van der Waals surface area contributed by atoms with E-state index in [2.05, 4.69) is 17.0 Å². The molecule has 0 spiro atoms. The molecule has 1 aliphatic rings. The molecule has 0 amide bonds. The summed E-state index contributed by atoms with van der Waals surface area (Å²) in [6, 6.07) is 7.53. The van der Waals surface area contributed by atoms with Crippen LogP contribution < -0.4 is 10.1 Å². The quantitative estimate of drug-likeness (QED) is 0.829. The van der Waals surface area contributed by atoms with E-state index in [9.17, 15) is 8.78 Å². The van der Waals surface area contributed by atoms with Crippen LogP contribution in [0.2, 0.25) is 0 Å². The van der Waals surface area contributed by atoms with E-state index in [-0.39, 0.29) is 11.8 Å². The predicted molar refractivity (Wildman–Crippen MR) is 76.0 cm³/mol. The second-order valence-electron chi connectivity index (χ2n) is 5.51. The van der Waals surface area contributed by atoms with E-state index in [4.69, 9.17) is 0 Å². The molecule has 1 aromatic rings. The summed E-state index contributed by atoms with van der Waals surface area (Å²) in [7, 11) is 0. The van der Waals surface area contributed by atoms with Gasteiger partial charge in [0.2, 0.25) is 0 Å². The third-order valence-corrected chi connectivity index (χ3v) is 4.25. The molecule has 0 heterocycles. The Bertz CT molecular complexity index is 425. The molecule has 1 N–H and O–H groups in total. The molecule has 0 aliphatic heterocycles. The van der Waals surface area contributed by atoms with Crippen LogP contribution in [0.1, 0.15) is 51.1 Å². The summed E-state index contributed by atoms with van der Waals surface area (Å²) in [5.41, 5.74) is 0.801. The number of benzene rings is 1. The van der Waals surface area contributed by atoms with Crippen molar-refractivity contribution in [1.29, 1.82) is 0 Å². The van der Waals surface area contributed by atoms with Crippen molar-refractivity contribution in [3.05, 3.63) is 29.8 Å². The van der Waals surface area contributed by atoms with Crippen LogP contribution in [0.5, 0.6) is 5.75 Å². The van der Waals surface area contributed by atoms with E-state index in [1.165, 1.54) is 25.7 Å². The molecular formula is C16H23F2NO. The smallest absolute Gasteiger partial charge is 0.387 e. The third kappa shape index (κ3) is 3.69. The average molecular weight is 283 g/mol. The van der Waals surface area contributed by atoms with Gasteiger partial charge in [0.15, 0.2) is 0 Å². The maximum Gasteiger partial charge on any atom is 0.387 e. The number of hydrogen-bond donors (Lipinski definition) is 1. The Morgan fingerprint density at radius 2 is 2.05 bits per heavy atom. The molecule has 0 bridgehead atoms. The second-order valence-corrected chi connectivity index (χ2v) is 5.51. The number of ether oxygens (including phenoxy) is 1. The minimum absolute atomic E-state index is 0.0158. The van der Waals surface area contributed by atoms with Crippen molar-refractivity contribution in [3.8, 4) is 5.75 Å². The van der Waals surface area contributed by atoms with Gasteiger partial charge in [-0.25, -0.2) is 0 Å². The second kappa shape index (κ2) is 7.02. The third-order valence-electron chi connectivity index (χ3n) is 4.25. The lowest BCUT2D eigenvalue weighted by Gasteiger charge is -2.25. The predicted octanol–water partition coefficient (Wildman–Crippen LogP) is 4.52. The lowest BCUT2D eigenvalue weighted by atomic mass is 9.98. The highest BCUT2D eigenvalue weighted by Gasteiger charge is 2.27. The highest BCUT2D eigenvalue weighted by molar-refractivity contribution is 5.35. The number of rotatable bonds is 6. The highest BCUT2D eigenvalue weighted by Crippen LogP contribution is 2.32. The van der Waals surface area contributed by atoms with Crippen molar-refractivity contribution in [2.45, 2.75) is 58.2 Å². The molecule has 3 unspecified atom stereocenters. The van der Waals surface area contributed by atoms with Gasteiger partial charge in [-0.2, -0.15) is 8.78 Å². The standard InChI is InChI=1S/C16H23F2NO/c1-3-12-7-6-9-14(12)19-11(2)13-8-4-5-10-15(13)20-16(17)18/h4-5,8,10-12,14,16,19H,3,6-7,9H2,1-2H3. The molecule has 0 saturated heterocycles. The minimum Gasteiger partial charge on any atom is -0.434 e. The molecule has 1 aromatic carbocycles. The first-order chi connectivity index (χ1) is 9.61. The van der Waals surface area contributed by atoms with Crippen LogP contribution >= 0.6 is 0 Å². The number of halogens is 2. The monoisotopic (exact) mass is 283 g/mol. The van der Waals surface area contributed by atoms with Crippen LogP contribution in [-0.4, -0.2) is 12.7 Å². The number of hydrogen-bond acceptors (Lipinski definition) is 2. The van der Waals surface area contributed by atoms with Crippen molar-refractivity contribution < 1.29 is 13.5 Å². The highest BCUT2D eigenvalue weighted by atomic mass is 19.3. The van der Waals surface area contributed by atoms with E-state index < -0.39 is 6.61 Å². The molecule has 1 saturated carbocycles. The number of alkyl halides is 2. The molecule has 4 heteroatoms. The fourth-order valence-corrected chi connectivity index (χ4v) is 3.20. The number of para-hydroxylation sites is 1. The van der Waals surface area contributed by atoms with E-state index in [0.29, 0.717) is 12.0 Å². The van der Waals surface area contributed by atoms with Crippen molar-refractivity contribution in [3.63, 3.8) is 0 Å². The molecule has 0 radical (unpaired) electrons. The van der Waals surface area contributed by atoms with Gasteiger partial charge in [0, 0.05) is 17.6 Å². The van der Waals surface area contributed by atoms with Gasteiger partial charge in [0.1, 0.15) is 5.75 Å². The van der Waals surface area contributed by atoms with E-state index in [0.717, 1.165) is 5.56 Å². The lowest BCUT2D eigenvalue weighted by molar-refractivity contribution is -0.0507. The molecule has 2 rings (SSSR count). The van der Waals surface area contributed by atoms with Crippen molar-refractivity contribution in [2.24, 2.45) is 5.92 Å². The van der Waals surface area contributed by atoms with Gasteiger partial charge in [0.25, 0.3) is 0 Å². The molecule has 3 atom stereocenters. The van der Waals surface area contributed by atoms with Gasteiger partial charge >= 0.3 is 6.61 Å². The van der Waals surface area contributed by atoms with Gasteiger partial charge < -0.3 is 10.1 Å². The Morgan fingerprint density at radius 3 is 2.75 bits per heavy atom. The average Bonchev–Trinajstić information content (AvgIpc) is 2.85. The normalized spacial score (nSPS) is 24.1. The molecule has 0 aromatic heterocycles. The molecule has 2 nitrogen and oxygen atoms in total. The maximum atomic E-state index is 12.4. The topological polar surface area (TPSA) is 21.3 Å². The lowest BCUT2D eigenvalue weighted by Crippen LogP contribution is -2.34. The zero-order valence-corrected chi connectivity index (χ0v) is 12.1. The van der Waals surface area contributed by atoms with Crippen LogP contribution in [0.4, 0.5) is 8.78 Å². The van der Waals surface area contributed by atoms with Gasteiger partial charge in [-0.05, 0) is 31.7 Å².